The molecule has 1 aromatic heterocycles. The van der Waals surface area contributed by atoms with E-state index in [1.807, 2.05) is 12.1 Å². The molecule has 0 unspecified atom stereocenters. The molecule has 1 aliphatic rings. The smallest absolute Gasteiger partial charge is 0.181 e. The van der Waals surface area contributed by atoms with Crippen LogP contribution in [0.3, 0.4) is 0 Å². The molecule has 3 rings (SSSR count). The Morgan fingerprint density at radius 1 is 1.47 bits per heavy atom. The number of nitriles is 1. The Labute approximate surface area is 112 Å². The standard InChI is InChI=1S/C15H17N3O/c1-18(10-15(9-16)5-2-6-15)8-12-3-4-13-14(7-12)19-11-17-13/h3-4,7,11H,2,5-6,8,10H2,1H3. The first kappa shape index (κ1) is 12.2. The molecule has 1 aromatic carbocycles. The van der Waals surface area contributed by atoms with Crippen molar-refractivity contribution in [2.45, 2.75) is 25.8 Å². The van der Waals surface area contributed by atoms with Gasteiger partial charge in [0.25, 0.3) is 0 Å². The third kappa shape index (κ3) is 2.34. The Kier molecular flexibility index (Phi) is 3.00. The van der Waals surface area contributed by atoms with Crippen LogP contribution in [-0.4, -0.2) is 23.5 Å². The van der Waals surface area contributed by atoms with E-state index in [1.54, 1.807) is 0 Å². The predicted octanol–water partition coefficient (Wildman–Crippen LogP) is 2.95. The Morgan fingerprint density at radius 2 is 2.32 bits per heavy atom. The number of aromatic nitrogens is 1. The summed E-state index contributed by atoms with van der Waals surface area (Å²) < 4.78 is 5.31. The van der Waals surface area contributed by atoms with Crippen LogP contribution in [0, 0.1) is 16.7 Å². The van der Waals surface area contributed by atoms with Crippen LogP contribution in [0.5, 0.6) is 0 Å². The van der Waals surface area contributed by atoms with Crippen molar-refractivity contribution in [2.75, 3.05) is 13.6 Å². The third-order valence-electron chi connectivity index (χ3n) is 3.97. The molecule has 0 bridgehead atoms. The maximum atomic E-state index is 9.27. The highest BCUT2D eigenvalue weighted by molar-refractivity contribution is 5.72. The number of hydrogen-bond donors (Lipinski definition) is 0. The van der Waals surface area contributed by atoms with Crippen molar-refractivity contribution in [1.29, 1.82) is 5.26 Å². The summed E-state index contributed by atoms with van der Waals surface area (Å²) in [4.78, 5) is 6.33. The predicted molar refractivity (Wildman–Crippen MR) is 72.2 cm³/mol. The quantitative estimate of drug-likeness (QED) is 0.842. The van der Waals surface area contributed by atoms with Crippen LogP contribution in [0.1, 0.15) is 24.8 Å². The molecule has 0 atom stereocenters. The van der Waals surface area contributed by atoms with Crippen molar-refractivity contribution in [3.8, 4) is 6.07 Å². The van der Waals surface area contributed by atoms with Crippen LogP contribution in [0.4, 0.5) is 0 Å². The molecule has 0 saturated heterocycles. The first-order chi connectivity index (χ1) is 9.21. The highest BCUT2D eigenvalue weighted by Crippen LogP contribution is 2.40. The summed E-state index contributed by atoms with van der Waals surface area (Å²) in [5.74, 6) is 0. The number of rotatable bonds is 4. The zero-order valence-corrected chi connectivity index (χ0v) is 11.1. The van der Waals surface area contributed by atoms with E-state index in [1.165, 1.54) is 18.4 Å². The summed E-state index contributed by atoms with van der Waals surface area (Å²) in [6.07, 6.45) is 4.73. The number of benzene rings is 1. The van der Waals surface area contributed by atoms with Gasteiger partial charge in [-0.1, -0.05) is 12.5 Å². The highest BCUT2D eigenvalue weighted by Gasteiger charge is 2.37. The molecule has 1 heterocycles. The van der Waals surface area contributed by atoms with Gasteiger partial charge in [-0.3, -0.25) is 0 Å². The van der Waals surface area contributed by atoms with Gasteiger partial charge in [0.05, 0.1) is 11.5 Å². The van der Waals surface area contributed by atoms with Gasteiger partial charge < -0.3 is 9.32 Å². The number of hydrogen-bond acceptors (Lipinski definition) is 4. The van der Waals surface area contributed by atoms with E-state index in [9.17, 15) is 5.26 Å². The molecule has 0 radical (unpaired) electrons. The molecule has 0 aliphatic heterocycles. The van der Waals surface area contributed by atoms with Crippen LogP contribution in [0.2, 0.25) is 0 Å². The van der Waals surface area contributed by atoms with E-state index in [-0.39, 0.29) is 5.41 Å². The second-order valence-corrected chi connectivity index (χ2v) is 5.57. The average Bonchev–Trinajstić information content (AvgIpc) is 2.81. The normalized spacial score (nSPS) is 17.3. The second-order valence-electron chi connectivity index (χ2n) is 5.57. The van der Waals surface area contributed by atoms with E-state index in [4.69, 9.17) is 4.42 Å². The fraction of sp³-hybridized carbons (Fsp3) is 0.467. The van der Waals surface area contributed by atoms with Crippen LogP contribution in [-0.2, 0) is 6.54 Å². The fourth-order valence-electron chi connectivity index (χ4n) is 2.79. The van der Waals surface area contributed by atoms with E-state index >= 15 is 0 Å². The van der Waals surface area contributed by atoms with Crippen LogP contribution >= 0.6 is 0 Å². The fourth-order valence-corrected chi connectivity index (χ4v) is 2.79. The SMILES string of the molecule is CN(Cc1ccc2ncoc2c1)CC1(C#N)CCC1. The van der Waals surface area contributed by atoms with Crippen molar-refractivity contribution in [3.05, 3.63) is 30.2 Å². The molecule has 0 amide bonds. The Balaban J connectivity index is 1.68. The zero-order valence-electron chi connectivity index (χ0n) is 11.1. The molecule has 4 heteroatoms. The molecule has 0 spiro atoms. The van der Waals surface area contributed by atoms with Gasteiger partial charge in [0.1, 0.15) is 5.52 Å². The summed E-state index contributed by atoms with van der Waals surface area (Å²) in [7, 11) is 2.07. The van der Waals surface area contributed by atoms with Crippen molar-refractivity contribution >= 4 is 11.1 Å². The average molecular weight is 255 g/mol. The number of fused-ring (bicyclic) bond motifs is 1. The molecule has 1 saturated carbocycles. The maximum absolute atomic E-state index is 9.27. The largest absolute Gasteiger partial charge is 0.443 e. The third-order valence-corrected chi connectivity index (χ3v) is 3.97. The van der Waals surface area contributed by atoms with Crippen molar-refractivity contribution in [3.63, 3.8) is 0 Å². The minimum atomic E-state index is -0.106. The lowest BCUT2D eigenvalue weighted by Gasteiger charge is -2.38. The molecule has 2 aromatic rings. The molecule has 19 heavy (non-hydrogen) atoms. The highest BCUT2D eigenvalue weighted by atomic mass is 16.3. The lowest BCUT2D eigenvalue weighted by Crippen LogP contribution is -2.39. The minimum Gasteiger partial charge on any atom is -0.443 e. The first-order valence-electron chi connectivity index (χ1n) is 6.63. The summed E-state index contributed by atoms with van der Waals surface area (Å²) in [5, 5.41) is 9.27. The van der Waals surface area contributed by atoms with Gasteiger partial charge in [-0.25, -0.2) is 4.98 Å². The monoisotopic (exact) mass is 255 g/mol. The van der Waals surface area contributed by atoms with Gasteiger partial charge in [-0.15, -0.1) is 0 Å². The summed E-state index contributed by atoms with van der Waals surface area (Å²) >= 11 is 0. The van der Waals surface area contributed by atoms with Crippen LogP contribution in [0.25, 0.3) is 11.1 Å². The number of nitrogens with zero attached hydrogens (tertiary/aromatic N) is 3. The molecule has 98 valence electrons. The molecule has 0 N–H and O–H groups in total. The minimum absolute atomic E-state index is 0.106. The van der Waals surface area contributed by atoms with E-state index in [2.05, 4.69) is 29.1 Å². The van der Waals surface area contributed by atoms with E-state index in [0.29, 0.717) is 0 Å². The van der Waals surface area contributed by atoms with Crippen molar-refractivity contribution < 1.29 is 4.42 Å². The topological polar surface area (TPSA) is 53.1 Å². The lowest BCUT2D eigenvalue weighted by atomic mass is 9.69. The van der Waals surface area contributed by atoms with Gasteiger partial charge in [-0.2, -0.15) is 5.26 Å². The zero-order chi connectivity index (χ0) is 13.3. The van der Waals surface area contributed by atoms with Crippen molar-refractivity contribution in [2.24, 2.45) is 5.41 Å². The lowest BCUT2D eigenvalue weighted by molar-refractivity contribution is 0.134. The first-order valence-corrected chi connectivity index (χ1v) is 6.63. The second kappa shape index (κ2) is 4.67. The molecular weight excluding hydrogens is 238 g/mol. The van der Waals surface area contributed by atoms with Gasteiger partial charge in [-0.05, 0) is 37.6 Å². The van der Waals surface area contributed by atoms with Gasteiger partial charge >= 0.3 is 0 Å². The van der Waals surface area contributed by atoms with Gasteiger partial charge in [0.2, 0.25) is 0 Å². The molecular formula is C15H17N3O. The molecule has 1 aliphatic carbocycles. The summed E-state index contributed by atoms with van der Waals surface area (Å²) in [5.41, 5.74) is 2.80. The van der Waals surface area contributed by atoms with E-state index < -0.39 is 0 Å². The maximum Gasteiger partial charge on any atom is 0.181 e. The van der Waals surface area contributed by atoms with Crippen LogP contribution < -0.4 is 0 Å². The molecule has 4 nitrogen and oxygen atoms in total. The Hall–Kier alpha value is -1.86. The van der Waals surface area contributed by atoms with Crippen molar-refractivity contribution in [1.82, 2.24) is 9.88 Å². The summed E-state index contributed by atoms with van der Waals surface area (Å²) in [6.45, 7) is 1.68. The molecule has 1 fully saturated rings. The van der Waals surface area contributed by atoms with Crippen LogP contribution in [0.15, 0.2) is 29.0 Å². The number of oxazole rings is 1. The van der Waals surface area contributed by atoms with Gasteiger partial charge in [0, 0.05) is 13.1 Å². The van der Waals surface area contributed by atoms with E-state index in [0.717, 1.165) is 37.0 Å². The Morgan fingerprint density at radius 3 is 3.00 bits per heavy atom. The summed E-state index contributed by atoms with van der Waals surface area (Å²) in [6, 6.07) is 8.56. The van der Waals surface area contributed by atoms with Gasteiger partial charge in [0.15, 0.2) is 12.0 Å². The Bertz CT molecular complexity index is 622.